The van der Waals surface area contributed by atoms with Gasteiger partial charge < -0.3 is 14.2 Å². The third-order valence-electron chi connectivity index (χ3n) is 4.97. The Bertz CT molecular complexity index is 928. The lowest BCUT2D eigenvalue weighted by Gasteiger charge is -2.33. The molecular formula is C24H28ClF2NO4. The van der Waals surface area contributed by atoms with Gasteiger partial charge in [0.1, 0.15) is 29.6 Å². The Labute approximate surface area is 192 Å². The highest BCUT2D eigenvalue weighted by atomic mass is 35.5. The number of hydrogen-bond donors (Lipinski definition) is 0. The fourth-order valence-corrected chi connectivity index (χ4v) is 3.64. The van der Waals surface area contributed by atoms with Crippen LogP contribution < -0.4 is 4.74 Å². The monoisotopic (exact) mass is 467 g/mol. The number of ether oxygens (including phenoxy) is 3. The van der Waals surface area contributed by atoms with Crippen molar-refractivity contribution in [2.24, 2.45) is 0 Å². The number of nitrogens with zero attached hydrogens (tertiary/aromatic N) is 1. The summed E-state index contributed by atoms with van der Waals surface area (Å²) in [7, 11) is 0. The Morgan fingerprint density at radius 1 is 1.22 bits per heavy atom. The summed E-state index contributed by atoms with van der Waals surface area (Å²) >= 11 is 6.00. The van der Waals surface area contributed by atoms with Gasteiger partial charge in [0.05, 0.1) is 24.2 Å². The number of carbonyl (C=O) groups is 1. The highest BCUT2D eigenvalue weighted by Gasteiger charge is 2.26. The van der Waals surface area contributed by atoms with Gasteiger partial charge in [0.15, 0.2) is 0 Å². The second kappa shape index (κ2) is 10.6. The van der Waals surface area contributed by atoms with Crippen LogP contribution in [-0.2, 0) is 20.9 Å². The summed E-state index contributed by atoms with van der Waals surface area (Å²) in [6, 6.07) is 8.86. The van der Waals surface area contributed by atoms with Crippen molar-refractivity contribution in [1.82, 2.24) is 4.90 Å². The first kappa shape index (κ1) is 24.4. The minimum atomic E-state index is -0.519. The Kier molecular flexibility index (Phi) is 8.09. The maximum absolute atomic E-state index is 14.8. The second-order valence-electron chi connectivity index (χ2n) is 8.67. The van der Waals surface area contributed by atoms with Crippen molar-refractivity contribution in [1.29, 1.82) is 0 Å². The standard InChI is InChI=1S/C24H28ClF2NO4/c1-24(2,3)32-23(29)9-10-28-11-12-30-22(14-28)17-8-7-16(13-21(17)27)31-15-18-19(25)5-4-6-20(18)26/h4-8,13,22H,9-12,14-15H2,1-3H3. The van der Waals surface area contributed by atoms with Crippen molar-refractivity contribution in [3.8, 4) is 5.75 Å². The van der Waals surface area contributed by atoms with E-state index >= 15 is 0 Å². The molecule has 0 aliphatic carbocycles. The molecule has 0 amide bonds. The summed E-state index contributed by atoms with van der Waals surface area (Å²) in [6.45, 7) is 7.45. The predicted molar refractivity (Wildman–Crippen MR) is 118 cm³/mol. The van der Waals surface area contributed by atoms with Crippen molar-refractivity contribution in [3.63, 3.8) is 0 Å². The molecule has 0 bridgehead atoms. The van der Waals surface area contributed by atoms with Crippen LogP contribution in [0, 0.1) is 11.6 Å². The molecule has 5 nitrogen and oxygen atoms in total. The van der Waals surface area contributed by atoms with Crippen LogP contribution in [0.25, 0.3) is 0 Å². The molecule has 1 saturated heterocycles. The van der Waals surface area contributed by atoms with E-state index in [4.69, 9.17) is 25.8 Å². The van der Waals surface area contributed by atoms with Gasteiger partial charge in [-0.3, -0.25) is 9.69 Å². The number of morpholine rings is 1. The molecule has 2 aromatic carbocycles. The highest BCUT2D eigenvalue weighted by molar-refractivity contribution is 6.31. The quantitative estimate of drug-likeness (QED) is 0.517. The highest BCUT2D eigenvalue weighted by Crippen LogP contribution is 2.28. The summed E-state index contributed by atoms with van der Waals surface area (Å²) in [4.78, 5) is 14.0. The number of carbonyl (C=O) groups excluding carboxylic acids is 1. The first-order chi connectivity index (χ1) is 15.1. The number of rotatable bonds is 7. The van der Waals surface area contributed by atoms with Crippen molar-refractivity contribution >= 4 is 17.6 Å². The fourth-order valence-electron chi connectivity index (χ4n) is 3.42. The molecule has 32 heavy (non-hydrogen) atoms. The van der Waals surface area contributed by atoms with E-state index in [1.807, 2.05) is 20.8 Å². The SMILES string of the molecule is CC(C)(C)OC(=O)CCN1CCOC(c2ccc(OCc3c(F)cccc3Cl)cc2F)C1. The van der Waals surface area contributed by atoms with Crippen LogP contribution in [0.1, 0.15) is 44.4 Å². The maximum atomic E-state index is 14.8. The minimum absolute atomic E-state index is 0.108. The number of hydrogen-bond acceptors (Lipinski definition) is 5. The lowest BCUT2D eigenvalue weighted by Crippen LogP contribution is -2.40. The van der Waals surface area contributed by atoms with E-state index in [0.29, 0.717) is 31.8 Å². The average Bonchev–Trinajstić information content (AvgIpc) is 2.71. The van der Waals surface area contributed by atoms with Gasteiger partial charge in [0.2, 0.25) is 0 Å². The lowest BCUT2D eigenvalue weighted by molar-refractivity contribution is -0.155. The van der Waals surface area contributed by atoms with E-state index in [-0.39, 0.29) is 35.3 Å². The smallest absolute Gasteiger partial charge is 0.307 e. The molecule has 0 N–H and O–H groups in total. The summed E-state index contributed by atoms with van der Waals surface area (Å²) in [6.07, 6.45) is -0.199. The molecule has 1 aliphatic rings. The lowest BCUT2D eigenvalue weighted by atomic mass is 10.1. The van der Waals surface area contributed by atoms with Crippen molar-refractivity contribution in [2.45, 2.75) is 45.5 Å². The van der Waals surface area contributed by atoms with Gasteiger partial charge in [-0.25, -0.2) is 8.78 Å². The van der Waals surface area contributed by atoms with Crippen LogP contribution in [0.15, 0.2) is 36.4 Å². The van der Waals surface area contributed by atoms with E-state index in [2.05, 4.69) is 4.90 Å². The zero-order valence-corrected chi connectivity index (χ0v) is 19.3. The molecule has 8 heteroatoms. The molecule has 1 atom stereocenters. The van der Waals surface area contributed by atoms with Crippen molar-refractivity contribution < 1.29 is 27.8 Å². The van der Waals surface area contributed by atoms with E-state index in [1.165, 1.54) is 18.2 Å². The Balaban J connectivity index is 1.57. The van der Waals surface area contributed by atoms with Crippen LogP contribution in [0.4, 0.5) is 8.78 Å². The molecule has 0 radical (unpaired) electrons. The van der Waals surface area contributed by atoms with Gasteiger partial charge in [-0.1, -0.05) is 17.7 Å². The van der Waals surface area contributed by atoms with E-state index in [9.17, 15) is 13.6 Å². The molecular weight excluding hydrogens is 440 g/mol. The molecule has 0 aromatic heterocycles. The molecule has 3 rings (SSSR count). The first-order valence-corrected chi connectivity index (χ1v) is 10.9. The van der Waals surface area contributed by atoms with E-state index in [1.54, 1.807) is 18.2 Å². The summed E-state index contributed by atoms with van der Waals surface area (Å²) in [5.41, 5.74) is 0.105. The molecule has 2 aromatic rings. The molecule has 1 unspecified atom stereocenters. The Morgan fingerprint density at radius 2 is 2.00 bits per heavy atom. The van der Waals surface area contributed by atoms with Gasteiger partial charge in [0, 0.05) is 36.8 Å². The first-order valence-electron chi connectivity index (χ1n) is 10.5. The molecule has 1 heterocycles. The molecule has 0 spiro atoms. The fraction of sp³-hybridized carbons (Fsp3) is 0.458. The van der Waals surface area contributed by atoms with Crippen LogP contribution >= 0.6 is 11.6 Å². The van der Waals surface area contributed by atoms with Crippen LogP contribution in [0.3, 0.4) is 0 Å². The number of halogens is 3. The van der Waals surface area contributed by atoms with E-state index < -0.39 is 23.3 Å². The molecule has 1 fully saturated rings. The molecule has 0 saturated carbocycles. The predicted octanol–water partition coefficient (Wildman–Crippen LogP) is 5.30. The Hall–Kier alpha value is -2.22. The zero-order chi connectivity index (χ0) is 23.3. The molecule has 1 aliphatic heterocycles. The van der Waals surface area contributed by atoms with Gasteiger partial charge in [-0.2, -0.15) is 0 Å². The van der Waals surface area contributed by atoms with Crippen LogP contribution in [0.2, 0.25) is 5.02 Å². The second-order valence-corrected chi connectivity index (χ2v) is 9.08. The summed E-state index contributed by atoms with van der Waals surface area (Å²) in [5, 5.41) is 0.254. The zero-order valence-electron chi connectivity index (χ0n) is 18.5. The number of benzene rings is 2. The largest absolute Gasteiger partial charge is 0.489 e. The van der Waals surface area contributed by atoms with Crippen molar-refractivity contribution in [3.05, 3.63) is 64.2 Å². The van der Waals surface area contributed by atoms with Gasteiger partial charge >= 0.3 is 5.97 Å². The van der Waals surface area contributed by atoms with Crippen LogP contribution in [-0.4, -0.2) is 42.7 Å². The third kappa shape index (κ3) is 6.89. The van der Waals surface area contributed by atoms with Crippen molar-refractivity contribution in [2.75, 3.05) is 26.2 Å². The summed E-state index contributed by atoms with van der Waals surface area (Å²) in [5.74, 6) is -0.941. The van der Waals surface area contributed by atoms with E-state index in [0.717, 1.165) is 0 Å². The third-order valence-corrected chi connectivity index (χ3v) is 5.32. The van der Waals surface area contributed by atoms with Gasteiger partial charge in [-0.15, -0.1) is 0 Å². The normalized spacial score (nSPS) is 17.2. The maximum Gasteiger partial charge on any atom is 0.307 e. The average molecular weight is 468 g/mol. The van der Waals surface area contributed by atoms with Gasteiger partial charge in [-0.05, 0) is 45.0 Å². The molecule has 174 valence electrons. The van der Waals surface area contributed by atoms with Gasteiger partial charge in [0.25, 0.3) is 0 Å². The minimum Gasteiger partial charge on any atom is -0.489 e. The Morgan fingerprint density at radius 3 is 2.69 bits per heavy atom. The number of esters is 1. The van der Waals surface area contributed by atoms with Crippen LogP contribution in [0.5, 0.6) is 5.75 Å². The topological polar surface area (TPSA) is 48.0 Å². The summed E-state index contributed by atoms with van der Waals surface area (Å²) < 4.78 is 45.3.